The van der Waals surface area contributed by atoms with E-state index < -0.39 is 0 Å². The van der Waals surface area contributed by atoms with Crippen LogP contribution < -0.4 is 4.74 Å². The predicted molar refractivity (Wildman–Crippen MR) is 247 cm³/mol. The van der Waals surface area contributed by atoms with Crippen LogP contribution in [0.1, 0.15) is 39.9 Å². The minimum Gasteiger partial charge on any atom is -0.488 e. The van der Waals surface area contributed by atoms with Gasteiger partial charge in [0, 0.05) is 49.5 Å². The monoisotopic (exact) mass is 770 g/mol. The largest absolute Gasteiger partial charge is 0.488 e. The maximum atomic E-state index is 6.92. The van der Waals surface area contributed by atoms with Gasteiger partial charge in [0.05, 0.1) is 33.5 Å². The molecule has 0 bridgehead atoms. The summed E-state index contributed by atoms with van der Waals surface area (Å²) in [7, 11) is 0. The van der Waals surface area contributed by atoms with Crippen LogP contribution in [0.3, 0.4) is 0 Å². The first-order valence-corrected chi connectivity index (χ1v) is 20.6. The quantitative estimate of drug-likeness (QED) is 0.179. The highest BCUT2D eigenvalue weighted by atomic mass is 16.5. The van der Waals surface area contributed by atoms with Gasteiger partial charge in [0.25, 0.3) is 0 Å². The van der Waals surface area contributed by atoms with E-state index in [1.807, 2.05) is 12.1 Å². The summed E-state index contributed by atoms with van der Waals surface area (Å²) in [5.41, 5.74) is 15.9. The zero-order chi connectivity index (χ0) is 39.7. The van der Waals surface area contributed by atoms with Crippen LogP contribution in [0.2, 0.25) is 0 Å². The fourth-order valence-electron chi connectivity index (χ4n) is 9.57. The van der Waals surface area contributed by atoms with Crippen LogP contribution in [-0.4, -0.2) is 19.1 Å². The lowest BCUT2D eigenvalue weighted by Gasteiger charge is -2.17. The number of nitrogens with zero attached hydrogens (tertiary/aromatic N) is 4. The molecule has 60 heavy (non-hydrogen) atoms. The molecule has 0 fully saturated rings. The highest BCUT2D eigenvalue weighted by Crippen LogP contribution is 2.45. The van der Waals surface area contributed by atoms with Gasteiger partial charge in [-0.3, -0.25) is 4.57 Å². The van der Waals surface area contributed by atoms with Gasteiger partial charge in [-0.2, -0.15) is 0 Å². The first kappa shape index (κ1) is 34.3. The number of rotatable bonds is 4. The number of aromatic nitrogens is 4. The molecular formula is C55H38N4O. The highest BCUT2D eigenvalue weighted by Gasteiger charge is 2.30. The summed E-state index contributed by atoms with van der Waals surface area (Å²) >= 11 is 0. The molecule has 0 saturated heterocycles. The summed E-state index contributed by atoms with van der Waals surface area (Å²) in [4.78, 5) is 10.9. The lowest BCUT2D eigenvalue weighted by Crippen LogP contribution is -2.09. The van der Waals surface area contributed by atoms with E-state index in [0.717, 1.165) is 91.0 Å². The van der Waals surface area contributed by atoms with E-state index in [1.54, 1.807) is 0 Å². The predicted octanol–water partition coefficient (Wildman–Crippen LogP) is 13.3. The Labute approximate surface area is 347 Å². The van der Waals surface area contributed by atoms with Crippen molar-refractivity contribution in [1.82, 2.24) is 19.1 Å². The third kappa shape index (κ3) is 5.33. The maximum absolute atomic E-state index is 6.92. The van der Waals surface area contributed by atoms with E-state index in [-0.39, 0.29) is 0 Å². The lowest BCUT2D eigenvalue weighted by molar-refractivity contribution is 0.306. The van der Waals surface area contributed by atoms with E-state index in [0.29, 0.717) is 12.6 Å². The molecule has 0 spiro atoms. The molecule has 2 aliphatic rings. The topological polar surface area (TPSA) is 44.9 Å². The van der Waals surface area contributed by atoms with Crippen LogP contribution in [0.15, 0.2) is 183 Å². The number of para-hydroxylation sites is 4. The summed E-state index contributed by atoms with van der Waals surface area (Å²) in [5.74, 6) is 1.42. The number of allylic oxidation sites excluding steroid dienone is 3. The average Bonchev–Trinajstić information content (AvgIpc) is 3.84. The molecule has 10 aromatic rings. The van der Waals surface area contributed by atoms with Crippen molar-refractivity contribution in [1.29, 1.82) is 0 Å². The molecule has 1 aliphatic carbocycles. The molecule has 12 rings (SSSR count). The Hall–Kier alpha value is -7.76. The molecule has 5 nitrogen and oxygen atoms in total. The van der Waals surface area contributed by atoms with E-state index in [2.05, 4.69) is 179 Å². The third-order valence-electron chi connectivity index (χ3n) is 12.3. The molecule has 5 heteroatoms. The summed E-state index contributed by atoms with van der Waals surface area (Å²) in [6.45, 7) is 5.07. The van der Waals surface area contributed by atoms with Crippen molar-refractivity contribution in [2.45, 2.75) is 19.4 Å². The van der Waals surface area contributed by atoms with Crippen LogP contribution in [-0.2, 0) is 13.0 Å². The van der Waals surface area contributed by atoms with Crippen molar-refractivity contribution in [3.8, 4) is 28.6 Å². The first-order valence-electron chi connectivity index (χ1n) is 20.6. The molecule has 0 radical (unpaired) electrons. The van der Waals surface area contributed by atoms with Crippen molar-refractivity contribution in [2.24, 2.45) is 0 Å². The minimum absolute atomic E-state index is 0.353. The van der Waals surface area contributed by atoms with Crippen molar-refractivity contribution in [2.75, 3.05) is 0 Å². The van der Waals surface area contributed by atoms with Gasteiger partial charge < -0.3 is 9.30 Å². The second kappa shape index (κ2) is 13.7. The Morgan fingerprint density at radius 1 is 0.583 bits per heavy atom. The zero-order valence-electron chi connectivity index (χ0n) is 32.8. The van der Waals surface area contributed by atoms with Gasteiger partial charge in [-0.05, 0) is 83.6 Å². The molecule has 7 aromatic carbocycles. The molecular weight excluding hydrogens is 733 g/mol. The number of benzene rings is 7. The summed E-state index contributed by atoms with van der Waals surface area (Å²) in [6, 6.07) is 57.8. The summed E-state index contributed by atoms with van der Waals surface area (Å²) in [5, 5.41) is 4.61. The van der Waals surface area contributed by atoms with Crippen molar-refractivity contribution < 1.29 is 4.74 Å². The zero-order valence-corrected chi connectivity index (χ0v) is 32.8. The standard InChI is InChI=1S/C55H38N4O/c1-35-32-45(38-28-30-43-42-23-11-14-26-48(42)58(50(43)33-38)39-19-6-3-7-20-39)54-46(34-60-51-27-15-12-21-40(35)51)52-41-22-9-8-16-36(41)29-31-49(52)59(54)55-56-47-25-13-10-24-44(47)53(57-55)37-17-4-2-5-18-37/h2-8,10-21,23-33H,1,9,22,34H2/b45-32-. The van der Waals surface area contributed by atoms with Gasteiger partial charge >= 0.3 is 0 Å². The molecule has 0 unspecified atom stereocenters. The SMILES string of the molecule is C=C1/C=C(/c2ccc3c4ccccc4n(-c4ccccc4)c3c2)c2c(c3c4c(ccc3n2-c2nc(-c3ccccc3)c3ccccc3n2)C=CCC4)COc2ccccc21. The normalized spacial score (nSPS) is 14.5. The number of hydrogen-bond acceptors (Lipinski definition) is 3. The van der Waals surface area contributed by atoms with Crippen LogP contribution in [0.4, 0.5) is 0 Å². The smallest absolute Gasteiger partial charge is 0.235 e. The van der Waals surface area contributed by atoms with Gasteiger partial charge in [-0.1, -0.05) is 140 Å². The molecule has 0 N–H and O–H groups in total. The summed E-state index contributed by atoms with van der Waals surface area (Å²) < 4.78 is 11.6. The van der Waals surface area contributed by atoms with E-state index in [1.165, 1.54) is 32.8 Å². The van der Waals surface area contributed by atoms with E-state index in [9.17, 15) is 0 Å². The Kier molecular flexibility index (Phi) is 7.82. The van der Waals surface area contributed by atoms with Gasteiger partial charge in [0.15, 0.2) is 0 Å². The Balaban J connectivity index is 1.22. The van der Waals surface area contributed by atoms with Crippen LogP contribution in [0, 0.1) is 0 Å². The number of fused-ring (bicyclic) bond motifs is 10. The Morgan fingerprint density at radius 3 is 2.22 bits per heavy atom. The molecule has 0 atom stereocenters. The Bertz CT molecular complexity index is 3440. The van der Waals surface area contributed by atoms with Gasteiger partial charge in [0.2, 0.25) is 5.95 Å². The molecule has 1 aliphatic heterocycles. The maximum Gasteiger partial charge on any atom is 0.235 e. The molecule has 3 aromatic heterocycles. The summed E-state index contributed by atoms with van der Waals surface area (Å²) in [6.07, 6.45) is 8.70. The molecule has 284 valence electrons. The lowest BCUT2D eigenvalue weighted by atomic mass is 9.90. The molecule has 0 amide bonds. The second-order valence-corrected chi connectivity index (χ2v) is 15.7. The third-order valence-corrected chi connectivity index (χ3v) is 12.3. The highest BCUT2D eigenvalue weighted by molar-refractivity contribution is 6.11. The number of hydrogen-bond donors (Lipinski definition) is 0. The van der Waals surface area contributed by atoms with Crippen LogP contribution in [0.5, 0.6) is 5.75 Å². The number of ether oxygens (including phenoxy) is 1. The molecule has 4 heterocycles. The Morgan fingerprint density at radius 2 is 1.33 bits per heavy atom. The van der Waals surface area contributed by atoms with Crippen molar-refractivity contribution in [3.05, 3.63) is 216 Å². The van der Waals surface area contributed by atoms with E-state index >= 15 is 0 Å². The fraction of sp³-hybridized carbons (Fsp3) is 0.0545. The van der Waals surface area contributed by atoms with Crippen LogP contribution in [0.25, 0.3) is 83.7 Å². The van der Waals surface area contributed by atoms with E-state index in [4.69, 9.17) is 21.3 Å². The minimum atomic E-state index is 0.353. The second-order valence-electron chi connectivity index (χ2n) is 15.7. The first-order chi connectivity index (χ1) is 29.7. The van der Waals surface area contributed by atoms with Gasteiger partial charge in [-0.15, -0.1) is 0 Å². The van der Waals surface area contributed by atoms with Crippen LogP contribution >= 0.6 is 0 Å². The van der Waals surface area contributed by atoms with Gasteiger partial charge in [-0.25, -0.2) is 9.97 Å². The number of aryl methyl sites for hydroxylation is 1. The average molecular weight is 771 g/mol. The van der Waals surface area contributed by atoms with Crippen molar-refractivity contribution in [3.63, 3.8) is 0 Å². The molecule has 0 saturated carbocycles. The van der Waals surface area contributed by atoms with Gasteiger partial charge in [0.1, 0.15) is 12.4 Å². The van der Waals surface area contributed by atoms with Crippen molar-refractivity contribution >= 4 is 60.8 Å². The fourth-order valence-corrected chi connectivity index (χ4v) is 9.57.